The van der Waals surface area contributed by atoms with Gasteiger partial charge in [-0.15, -0.1) is 0 Å². The summed E-state index contributed by atoms with van der Waals surface area (Å²) < 4.78 is 5.56. The minimum Gasteiger partial charge on any atom is -0.507 e. The van der Waals surface area contributed by atoms with Gasteiger partial charge in [0.1, 0.15) is 12.4 Å². The summed E-state index contributed by atoms with van der Waals surface area (Å²) >= 11 is 1.83. The smallest absolute Gasteiger partial charge is 0.411 e. The fraction of sp³-hybridized carbons (Fsp3) is 0.720. The molecule has 1 rings (SSSR count). The van der Waals surface area contributed by atoms with E-state index in [2.05, 4.69) is 39.9 Å². The van der Waals surface area contributed by atoms with Crippen molar-refractivity contribution in [2.24, 2.45) is 5.41 Å². The van der Waals surface area contributed by atoms with E-state index in [-0.39, 0.29) is 21.0 Å². The number of phenolic OH excluding ortho intramolecular Hbond substituents is 1. The number of thioether (sulfide) groups is 1. The highest BCUT2D eigenvalue weighted by Crippen LogP contribution is 2.41. The molecule has 1 amide bonds. The summed E-state index contributed by atoms with van der Waals surface area (Å²) in [6.07, 6.45) is 0.629. The molecule has 0 bridgehead atoms. The van der Waals surface area contributed by atoms with Crippen molar-refractivity contribution in [2.45, 2.75) is 98.2 Å². The first kappa shape index (κ1) is 26.7. The van der Waals surface area contributed by atoms with Crippen molar-refractivity contribution in [1.29, 1.82) is 0 Å². The van der Waals surface area contributed by atoms with Crippen molar-refractivity contribution in [3.63, 3.8) is 0 Å². The van der Waals surface area contributed by atoms with Gasteiger partial charge in [0.25, 0.3) is 0 Å². The van der Waals surface area contributed by atoms with Crippen LogP contribution in [0.25, 0.3) is 0 Å². The lowest BCUT2D eigenvalue weighted by Crippen LogP contribution is -2.25. The Kier molecular flexibility index (Phi) is 8.37. The van der Waals surface area contributed by atoms with Crippen LogP contribution in [0, 0.1) is 5.41 Å². The first-order chi connectivity index (χ1) is 13.3. The highest BCUT2D eigenvalue weighted by molar-refractivity contribution is 8.00. The molecule has 0 saturated carbocycles. The van der Waals surface area contributed by atoms with E-state index in [4.69, 9.17) is 4.74 Å². The van der Waals surface area contributed by atoms with Gasteiger partial charge in [-0.25, -0.2) is 4.79 Å². The number of aromatic hydroxyl groups is 1. The minimum atomic E-state index is -0.463. The summed E-state index contributed by atoms with van der Waals surface area (Å²) in [6.45, 7) is 23.9. The third-order valence-corrected chi connectivity index (χ3v) is 6.03. The van der Waals surface area contributed by atoms with Crippen LogP contribution in [0.15, 0.2) is 12.1 Å². The monoisotopic (exact) mass is 437 g/mol. The summed E-state index contributed by atoms with van der Waals surface area (Å²) in [6, 6.07) is 3.68. The van der Waals surface area contributed by atoms with Gasteiger partial charge in [-0.2, -0.15) is 11.8 Å². The Morgan fingerprint density at radius 1 is 0.933 bits per heavy atom. The van der Waals surface area contributed by atoms with Crippen LogP contribution >= 0.6 is 11.8 Å². The molecule has 0 radical (unpaired) electrons. The molecule has 0 saturated heterocycles. The Morgan fingerprint density at radius 2 is 1.40 bits per heavy atom. The van der Waals surface area contributed by atoms with Crippen molar-refractivity contribution < 1.29 is 14.6 Å². The summed E-state index contributed by atoms with van der Waals surface area (Å²) in [5.74, 6) is 1.05. The molecule has 0 aliphatic carbocycles. The van der Waals surface area contributed by atoms with Crippen molar-refractivity contribution in [3.8, 4) is 5.75 Å². The van der Waals surface area contributed by atoms with Crippen LogP contribution in [-0.2, 0) is 15.6 Å². The van der Waals surface area contributed by atoms with Gasteiger partial charge in [-0.05, 0) is 34.8 Å². The summed E-state index contributed by atoms with van der Waals surface area (Å²) in [4.78, 5) is 12.4. The van der Waals surface area contributed by atoms with Crippen LogP contribution in [-0.4, -0.2) is 28.3 Å². The van der Waals surface area contributed by atoms with E-state index in [0.717, 1.165) is 23.3 Å². The number of rotatable bonds is 6. The molecular formula is C25H43NO3S. The molecule has 2 N–H and O–H groups in total. The van der Waals surface area contributed by atoms with Crippen LogP contribution in [0.1, 0.15) is 93.7 Å². The Bertz CT molecular complexity index is 699. The molecule has 1 aromatic rings. The molecule has 0 aromatic heterocycles. The first-order valence-electron chi connectivity index (χ1n) is 10.8. The van der Waals surface area contributed by atoms with Gasteiger partial charge in [-0.3, -0.25) is 5.32 Å². The van der Waals surface area contributed by atoms with Crippen LogP contribution in [0.3, 0.4) is 0 Å². The number of benzene rings is 1. The van der Waals surface area contributed by atoms with Gasteiger partial charge in [-0.1, -0.05) is 76.2 Å². The number of carbonyl (C=O) groups is 1. The molecule has 0 heterocycles. The lowest BCUT2D eigenvalue weighted by Gasteiger charge is -2.31. The molecule has 172 valence electrons. The summed E-state index contributed by atoms with van der Waals surface area (Å²) in [5.41, 5.74) is 2.04. The number of hydrogen-bond donors (Lipinski definition) is 2. The Hall–Kier alpha value is -1.36. The zero-order valence-corrected chi connectivity index (χ0v) is 21.8. The van der Waals surface area contributed by atoms with E-state index in [0.29, 0.717) is 18.0 Å². The Labute approximate surface area is 188 Å². The number of amides is 1. The maximum Gasteiger partial charge on any atom is 0.411 e. The third kappa shape index (κ3) is 8.79. The van der Waals surface area contributed by atoms with Crippen molar-refractivity contribution in [2.75, 3.05) is 17.7 Å². The second-order valence-electron chi connectivity index (χ2n) is 12.0. The van der Waals surface area contributed by atoms with Gasteiger partial charge in [0.15, 0.2) is 0 Å². The molecule has 0 atom stereocenters. The number of anilines is 1. The van der Waals surface area contributed by atoms with Crippen molar-refractivity contribution in [3.05, 3.63) is 23.3 Å². The molecule has 1 aromatic carbocycles. The van der Waals surface area contributed by atoms with Gasteiger partial charge >= 0.3 is 6.09 Å². The molecule has 0 aliphatic rings. The average Bonchev–Trinajstić information content (AvgIpc) is 2.48. The predicted octanol–water partition coefficient (Wildman–Crippen LogP) is 7.48. The first-order valence-corrected chi connectivity index (χ1v) is 11.8. The lowest BCUT2D eigenvalue weighted by atomic mass is 9.79. The Balaban J connectivity index is 2.80. The van der Waals surface area contributed by atoms with E-state index in [1.54, 1.807) is 0 Å². The van der Waals surface area contributed by atoms with Gasteiger partial charge in [0.2, 0.25) is 0 Å². The van der Waals surface area contributed by atoms with E-state index in [9.17, 15) is 9.90 Å². The van der Waals surface area contributed by atoms with Gasteiger partial charge in [0.05, 0.1) is 0 Å². The molecule has 0 spiro atoms. The van der Waals surface area contributed by atoms with Crippen LogP contribution in [0.4, 0.5) is 10.5 Å². The molecule has 4 nitrogen and oxygen atoms in total. The van der Waals surface area contributed by atoms with Crippen LogP contribution in [0.5, 0.6) is 5.75 Å². The largest absolute Gasteiger partial charge is 0.507 e. The number of nitrogens with one attached hydrogen (secondary N) is 1. The normalized spacial score (nSPS) is 13.3. The van der Waals surface area contributed by atoms with Crippen LogP contribution < -0.4 is 5.32 Å². The highest BCUT2D eigenvalue weighted by Gasteiger charge is 2.27. The fourth-order valence-electron chi connectivity index (χ4n) is 3.78. The molecule has 30 heavy (non-hydrogen) atoms. The zero-order chi connectivity index (χ0) is 23.5. The predicted molar refractivity (Wildman–Crippen MR) is 131 cm³/mol. The van der Waals surface area contributed by atoms with Gasteiger partial charge < -0.3 is 9.84 Å². The van der Waals surface area contributed by atoms with Crippen molar-refractivity contribution in [1.82, 2.24) is 0 Å². The summed E-state index contributed by atoms with van der Waals surface area (Å²) in [7, 11) is 0. The Morgan fingerprint density at radius 3 is 1.80 bits per heavy atom. The quantitative estimate of drug-likeness (QED) is 0.358. The molecule has 0 unspecified atom stereocenters. The minimum absolute atomic E-state index is 0.137. The second-order valence-corrected chi connectivity index (χ2v) is 13.8. The third-order valence-electron chi connectivity index (χ3n) is 4.74. The molecule has 5 heteroatoms. The fourth-order valence-corrected chi connectivity index (χ4v) is 5.04. The number of carbonyl (C=O) groups excluding carboxylic acids is 1. The summed E-state index contributed by atoms with van der Waals surface area (Å²) in [5, 5.41) is 13.7. The highest BCUT2D eigenvalue weighted by atomic mass is 32.2. The number of phenols is 1. The zero-order valence-electron chi connectivity index (χ0n) is 20.9. The molecule has 0 aliphatic heterocycles. The average molecular weight is 438 g/mol. The lowest BCUT2D eigenvalue weighted by molar-refractivity contribution is 0.169. The van der Waals surface area contributed by atoms with Gasteiger partial charge in [0, 0.05) is 27.3 Å². The molecule has 0 fully saturated rings. The second kappa shape index (κ2) is 9.42. The number of hydrogen-bond acceptors (Lipinski definition) is 4. The van der Waals surface area contributed by atoms with E-state index >= 15 is 0 Å². The standard InChI is InChI=1S/C25H43NO3S/c1-22(2,3)16-25(10,11)30-13-12-29-21(28)26-17-14-18(23(4,5)6)20(27)19(15-17)24(7,8)9/h14-15,27H,12-13,16H2,1-11H3,(H,26,28). The van der Waals surface area contributed by atoms with E-state index in [1.807, 2.05) is 65.4 Å². The van der Waals surface area contributed by atoms with Crippen LogP contribution in [0.2, 0.25) is 0 Å². The van der Waals surface area contributed by atoms with E-state index < -0.39 is 6.09 Å². The van der Waals surface area contributed by atoms with Crippen molar-refractivity contribution >= 4 is 23.5 Å². The maximum atomic E-state index is 12.4. The molecular weight excluding hydrogens is 394 g/mol. The maximum absolute atomic E-state index is 12.4. The van der Waals surface area contributed by atoms with E-state index in [1.165, 1.54) is 0 Å². The SMILES string of the molecule is CC(C)(C)CC(C)(C)SCCOC(=O)Nc1cc(C(C)(C)C)c(O)c(C(C)(C)C)c1. The number of ether oxygens (including phenoxy) is 1. The topological polar surface area (TPSA) is 58.6 Å².